The third kappa shape index (κ3) is 2.45. The molecule has 3 nitrogen and oxygen atoms in total. The van der Waals surface area contributed by atoms with Crippen LogP contribution in [-0.4, -0.2) is 22.9 Å². The first kappa shape index (κ1) is 12.4. The SMILES string of the molecule is CC(C)C(O)C(O)c1cccc2c1OCCC2. The van der Waals surface area contributed by atoms with Crippen molar-refractivity contribution in [1.82, 2.24) is 0 Å². The average molecular weight is 236 g/mol. The van der Waals surface area contributed by atoms with Gasteiger partial charge in [-0.05, 0) is 24.3 Å². The summed E-state index contributed by atoms with van der Waals surface area (Å²) >= 11 is 0. The van der Waals surface area contributed by atoms with Crippen LogP contribution >= 0.6 is 0 Å². The number of aryl methyl sites for hydroxylation is 1. The minimum Gasteiger partial charge on any atom is -0.493 e. The number of hydrogen-bond acceptors (Lipinski definition) is 3. The maximum Gasteiger partial charge on any atom is 0.128 e. The van der Waals surface area contributed by atoms with E-state index >= 15 is 0 Å². The normalized spacial score (nSPS) is 18.4. The number of rotatable bonds is 3. The van der Waals surface area contributed by atoms with Gasteiger partial charge < -0.3 is 14.9 Å². The van der Waals surface area contributed by atoms with E-state index in [9.17, 15) is 10.2 Å². The molecule has 1 aliphatic heterocycles. The van der Waals surface area contributed by atoms with Crippen molar-refractivity contribution in [3.05, 3.63) is 29.3 Å². The second-order valence-corrected chi connectivity index (χ2v) is 4.97. The highest BCUT2D eigenvalue weighted by molar-refractivity contribution is 5.44. The first-order valence-electron chi connectivity index (χ1n) is 6.22. The van der Waals surface area contributed by atoms with Crippen molar-refractivity contribution in [2.45, 2.75) is 38.9 Å². The Balaban J connectivity index is 2.32. The summed E-state index contributed by atoms with van der Waals surface area (Å²) < 4.78 is 5.63. The Labute approximate surface area is 102 Å². The van der Waals surface area contributed by atoms with Gasteiger partial charge in [0, 0.05) is 5.56 Å². The molecule has 2 unspecified atom stereocenters. The Morgan fingerprint density at radius 2 is 2.00 bits per heavy atom. The highest BCUT2D eigenvalue weighted by Crippen LogP contribution is 2.35. The molecule has 0 spiro atoms. The second kappa shape index (κ2) is 5.07. The molecule has 0 amide bonds. The maximum atomic E-state index is 10.2. The Hall–Kier alpha value is -1.06. The number of hydrogen-bond donors (Lipinski definition) is 2. The molecule has 1 heterocycles. The van der Waals surface area contributed by atoms with Crippen molar-refractivity contribution in [2.75, 3.05) is 6.61 Å². The van der Waals surface area contributed by atoms with E-state index in [4.69, 9.17) is 4.74 Å². The third-order valence-corrected chi connectivity index (χ3v) is 3.29. The Kier molecular flexibility index (Phi) is 3.69. The van der Waals surface area contributed by atoms with Crippen LogP contribution in [0.1, 0.15) is 37.5 Å². The lowest BCUT2D eigenvalue weighted by molar-refractivity contribution is -0.0110. The second-order valence-electron chi connectivity index (χ2n) is 4.97. The van der Waals surface area contributed by atoms with Crippen molar-refractivity contribution in [1.29, 1.82) is 0 Å². The van der Waals surface area contributed by atoms with Gasteiger partial charge in [-0.1, -0.05) is 32.0 Å². The van der Waals surface area contributed by atoms with Crippen LogP contribution in [0.2, 0.25) is 0 Å². The van der Waals surface area contributed by atoms with Gasteiger partial charge in [0.25, 0.3) is 0 Å². The summed E-state index contributed by atoms with van der Waals surface area (Å²) in [5.41, 5.74) is 1.84. The summed E-state index contributed by atoms with van der Waals surface area (Å²) in [5.74, 6) is 0.787. The van der Waals surface area contributed by atoms with Gasteiger partial charge in [-0.15, -0.1) is 0 Å². The minimum absolute atomic E-state index is 0.0180. The molecule has 3 heteroatoms. The van der Waals surface area contributed by atoms with Crippen molar-refractivity contribution in [3.8, 4) is 5.75 Å². The Morgan fingerprint density at radius 1 is 1.24 bits per heavy atom. The molecule has 0 aromatic heterocycles. The molecule has 2 rings (SSSR count). The van der Waals surface area contributed by atoms with Crippen molar-refractivity contribution in [3.63, 3.8) is 0 Å². The summed E-state index contributed by atoms with van der Waals surface area (Å²) in [7, 11) is 0. The fraction of sp³-hybridized carbons (Fsp3) is 0.571. The molecule has 1 aromatic rings. The zero-order valence-electron chi connectivity index (χ0n) is 10.4. The first-order chi connectivity index (χ1) is 8.11. The molecule has 1 aromatic carbocycles. The predicted octanol–water partition coefficient (Wildman–Crippen LogP) is 2.06. The molecule has 0 radical (unpaired) electrons. The standard InChI is InChI=1S/C14H20O3/c1-9(2)12(15)13(16)11-7-3-5-10-6-4-8-17-14(10)11/h3,5,7,9,12-13,15-16H,4,6,8H2,1-2H3. The molecule has 0 saturated heterocycles. The van der Waals surface area contributed by atoms with Gasteiger partial charge in [0.2, 0.25) is 0 Å². The topological polar surface area (TPSA) is 49.7 Å². The number of ether oxygens (including phenoxy) is 1. The average Bonchev–Trinajstić information content (AvgIpc) is 2.36. The third-order valence-electron chi connectivity index (χ3n) is 3.29. The van der Waals surface area contributed by atoms with Gasteiger partial charge in [0.15, 0.2) is 0 Å². The van der Waals surface area contributed by atoms with Crippen LogP contribution in [0.4, 0.5) is 0 Å². The highest BCUT2D eigenvalue weighted by atomic mass is 16.5. The smallest absolute Gasteiger partial charge is 0.128 e. The van der Waals surface area contributed by atoms with Gasteiger partial charge in [-0.25, -0.2) is 0 Å². The van der Waals surface area contributed by atoms with Gasteiger partial charge in [-0.3, -0.25) is 0 Å². The molecule has 94 valence electrons. The van der Waals surface area contributed by atoms with E-state index in [0.29, 0.717) is 12.2 Å². The summed E-state index contributed by atoms with van der Waals surface area (Å²) in [4.78, 5) is 0. The largest absolute Gasteiger partial charge is 0.493 e. The van der Waals surface area contributed by atoms with Gasteiger partial charge in [0.1, 0.15) is 11.9 Å². The number of aliphatic hydroxyl groups excluding tert-OH is 2. The number of para-hydroxylation sites is 1. The fourth-order valence-electron chi connectivity index (χ4n) is 2.20. The molecule has 1 aliphatic rings. The van der Waals surface area contributed by atoms with Gasteiger partial charge in [-0.2, -0.15) is 0 Å². The summed E-state index contributed by atoms with van der Waals surface area (Å²) in [6.45, 7) is 4.47. The summed E-state index contributed by atoms with van der Waals surface area (Å²) in [6.07, 6.45) is 0.363. The molecule has 0 fully saturated rings. The van der Waals surface area contributed by atoms with Crippen LogP contribution in [0, 0.1) is 5.92 Å². The lowest BCUT2D eigenvalue weighted by Crippen LogP contribution is -2.25. The van der Waals surface area contributed by atoms with E-state index in [1.165, 1.54) is 0 Å². The number of aliphatic hydroxyl groups is 2. The quantitative estimate of drug-likeness (QED) is 0.844. The monoisotopic (exact) mass is 236 g/mol. The molecule has 0 saturated carbocycles. The van der Waals surface area contributed by atoms with Crippen LogP contribution in [0.25, 0.3) is 0 Å². The maximum absolute atomic E-state index is 10.2. The molecule has 2 N–H and O–H groups in total. The number of benzene rings is 1. The van der Waals surface area contributed by atoms with Crippen molar-refractivity contribution in [2.24, 2.45) is 5.92 Å². The Morgan fingerprint density at radius 3 is 2.71 bits per heavy atom. The molecule has 2 atom stereocenters. The van der Waals surface area contributed by atoms with Crippen LogP contribution in [0.3, 0.4) is 0 Å². The van der Waals surface area contributed by atoms with Crippen molar-refractivity contribution >= 4 is 0 Å². The Bertz CT molecular complexity index is 387. The van der Waals surface area contributed by atoms with E-state index < -0.39 is 12.2 Å². The first-order valence-corrected chi connectivity index (χ1v) is 6.22. The molecular weight excluding hydrogens is 216 g/mol. The van der Waals surface area contributed by atoms with Gasteiger partial charge >= 0.3 is 0 Å². The van der Waals surface area contributed by atoms with Crippen LogP contribution < -0.4 is 4.74 Å². The van der Waals surface area contributed by atoms with E-state index in [1.807, 2.05) is 32.0 Å². The fourth-order valence-corrected chi connectivity index (χ4v) is 2.20. The molecule has 0 aliphatic carbocycles. The zero-order chi connectivity index (χ0) is 12.4. The van der Waals surface area contributed by atoms with E-state index in [0.717, 1.165) is 24.2 Å². The molecule has 0 bridgehead atoms. The molecular formula is C14H20O3. The summed E-state index contributed by atoms with van der Waals surface area (Å²) in [5, 5.41) is 20.1. The van der Waals surface area contributed by atoms with E-state index in [1.54, 1.807) is 0 Å². The zero-order valence-corrected chi connectivity index (χ0v) is 10.4. The minimum atomic E-state index is -0.872. The number of fused-ring (bicyclic) bond motifs is 1. The lowest BCUT2D eigenvalue weighted by Gasteiger charge is -2.26. The predicted molar refractivity (Wildman–Crippen MR) is 66.1 cm³/mol. The van der Waals surface area contributed by atoms with Crippen LogP contribution in [0.5, 0.6) is 5.75 Å². The van der Waals surface area contributed by atoms with Gasteiger partial charge in [0.05, 0.1) is 12.7 Å². The van der Waals surface area contributed by atoms with Crippen LogP contribution in [-0.2, 0) is 6.42 Å². The van der Waals surface area contributed by atoms with Crippen molar-refractivity contribution < 1.29 is 14.9 Å². The highest BCUT2D eigenvalue weighted by Gasteiger charge is 2.26. The van der Waals surface area contributed by atoms with E-state index in [-0.39, 0.29) is 5.92 Å². The van der Waals surface area contributed by atoms with E-state index in [2.05, 4.69) is 0 Å². The molecule has 17 heavy (non-hydrogen) atoms. The lowest BCUT2D eigenvalue weighted by atomic mass is 9.92. The van der Waals surface area contributed by atoms with Crippen LogP contribution in [0.15, 0.2) is 18.2 Å². The summed E-state index contributed by atoms with van der Waals surface area (Å²) in [6, 6.07) is 5.77.